The number of likely N-dealkylation sites (tertiary alicyclic amines) is 2. The molecule has 4 aliphatic rings. The topological polar surface area (TPSA) is 141 Å². The molecule has 1 saturated carbocycles. The average Bonchev–Trinajstić information content (AvgIpc) is 3.68. The van der Waals surface area contributed by atoms with Gasteiger partial charge in [-0.25, -0.2) is 22.9 Å². The maximum atomic E-state index is 14.7. The lowest BCUT2D eigenvalue weighted by Gasteiger charge is -2.28. The fourth-order valence-electron chi connectivity index (χ4n) is 6.24. The van der Waals surface area contributed by atoms with Crippen LogP contribution in [0.4, 0.5) is 4.39 Å². The first kappa shape index (κ1) is 29.0. The van der Waals surface area contributed by atoms with Crippen molar-refractivity contribution in [3.05, 3.63) is 53.0 Å². The number of amides is 2. The Kier molecular flexibility index (Phi) is 7.71. The van der Waals surface area contributed by atoms with Gasteiger partial charge in [0.1, 0.15) is 11.4 Å². The van der Waals surface area contributed by atoms with E-state index in [9.17, 15) is 22.4 Å². The zero-order chi connectivity index (χ0) is 29.6. The van der Waals surface area contributed by atoms with E-state index in [0.29, 0.717) is 36.4 Å². The van der Waals surface area contributed by atoms with Crippen LogP contribution < -0.4 is 9.88 Å². The van der Waals surface area contributed by atoms with Gasteiger partial charge in [0.2, 0.25) is 15.9 Å². The van der Waals surface area contributed by atoms with Crippen LogP contribution in [0.25, 0.3) is 0 Å². The Labute approximate surface area is 244 Å². The molecule has 2 N–H and O–H groups in total. The van der Waals surface area contributed by atoms with Crippen molar-refractivity contribution in [2.45, 2.75) is 42.1 Å². The molecule has 11 nitrogen and oxygen atoms in total. The Morgan fingerprint density at radius 2 is 1.76 bits per heavy atom. The number of fused-ring (bicyclic) bond motifs is 1. The molecule has 4 fully saturated rings. The van der Waals surface area contributed by atoms with E-state index in [2.05, 4.69) is 0 Å². The number of pyridine rings is 1. The maximum Gasteiger partial charge on any atom is 0.256 e. The highest BCUT2D eigenvalue weighted by molar-refractivity contribution is 7.89. The predicted molar refractivity (Wildman–Crippen MR) is 148 cm³/mol. The summed E-state index contributed by atoms with van der Waals surface area (Å²) in [5.74, 6) is -0.681. The summed E-state index contributed by atoms with van der Waals surface area (Å²) in [4.78, 5) is 34.5. The van der Waals surface area contributed by atoms with Crippen LogP contribution in [0.1, 0.15) is 58.0 Å². The van der Waals surface area contributed by atoms with Crippen molar-refractivity contribution in [1.82, 2.24) is 14.8 Å². The van der Waals surface area contributed by atoms with Crippen LogP contribution >= 0.6 is 0 Å². The van der Waals surface area contributed by atoms with Gasteiger partial charge < -0.3 is 24.0 Å². The number of nitrogens with zero attached hydrogens (tertiary/aromatic N) is 3. The Hall–Kier alpha value is -3.13. The summed E-state index contributed by atoms with van der Waals surface area (Å²) < 4.78 is 55.3. The zero-order valence-corrected chi connectivity index (χ0v) is 24.3. The molecule has 3 saturated heterocycles. The lowest BCUT2D eigenvalue weighted by atomic mass is 9.95. The molecule has 13 heteroatoms. The quantitative estimate of drug-likeness (QED) is 0.485. The highest BCUT2D eigenvalue weighted by Crippen LogP contribution is 2.42. The largest absolute Gasteiger partial charge is 0.477 e. The van der Waals surface area contributed by atoms with E-state index >= 15 is 0 Å². The molecular weight excluding hydrogens is 567 g/mol. The standard InChI is InChI=1S/C29H35FN4O7S/c1-39-29-16-33(13-21(29)14-34(17-29)28(36)23-5-4-22(12-24(23)30)42(31,37)38)27(35)20-10-25(19-2-3-19)32-26(11-20)41-15-18-6-8-40-9-7-18/h4-5,10-12,18-19,21H,2-3,6-9,13-17H2,1H3,(H2,31,37,38). The third-order valence-electron chi connectivity index (χ3n) is 8.90. The SMILES string of the molecule is COC12CN(C(=O)c3cc(OCC4CCOCC4)nc(C4CC4)c3)CC1CN(C(=O)c1ccc(S(N)(=O)=O)cc1F)C2. The number of hydrogen-bond acceptors (Lipinski definition) is 8. The maximum absolute atomic E-state index is 14.7. The minimum Gasteiger partial charge on any atom is -0.477 e. The molecule has 1 aromatic carbocycles. The number of ether oxygens (including phenoxy) is 3. The van der Waals surface area contributed by atoms with Gasteiger partial charge in [-0.1, -0.05) is 0 Å². The summed E-state index contributed by atoms with van der Waals surface area (Å²) in [6.07, 6.45) is 3.96. The predicted octanol–water partition coefficient (Wildman–Crippen LogP) is 2.16. The van der Waals surface area contributed by atoms with Crippen LogP contribution in [-0.2, 0) is 19.5 Å². The summed E-state index contributed by atoms with van der Waals surface area (Å²) in [5.41, 5.74) is 0.331. The van der Waals surface area contributed by atoms with E-state index in [1.54, 1.807) is 18.1 Å². The third kappa shape index (κ3) is 5.75. The van der Waals surface area contributed by atoms with Gasteiger partial charge in [-0.05, 0) is 55.9 Å². The highest BCUT2D eigenvalue weighted by atomic mass is 32.2. The number of nitrogens with two attached hydrogens (primary N) is 1. The molecule has 1 aliphatic carbocycles. The molecule has 2 amide bonds. The minimum atomic E-state index is -4.10. The number of aromatic nitrogens is 1. The Morgan fingerprint density at radius 3 is 2.36 bits per heavy atom. The van der Waals surface area contributed by atoms with E-state index in [1.807, 2.05) is 6.07 Å². The van der Waals surface area contributed by atoms with Gasteiger partial charge in [-0.2, -0.15) is 0 Å². The molecule has 0 spiro atoms. The van der Waals surface area contributed by atoms with E-state index in [1.165, 1.54) is 4.90 Å². The van der Waals surface area contributed by atoms with Gasteiger partial charge >= 0.3 is 0 Å². The van der Waals surface area contributed by atoms with Crippen molar-refractivity contribution in [1.29, 1.82) is 0 Å². The number of carbonyl (C=O) groups excluding carboxylic acids is 2. The molecule has 226 valence electrons. The Bertz CT molecular complexity index is 1490. The van der Waals surface area contributed by atoms with E-state index in [-0.39, 0.29) is 37.0 Å². The van der Waals surface area contributed by atoms with Crippen LogP contribution in [0.15, 0.2) is 35.2 Å². The van der Waals surface area contributed by atoms with Crippen LogP contribution in [0.3, 0.4) is 0 Å². The Morgan fingerprint density at radius 1 is 1.07 bits per heavy atom. The van der Waals surface area contributed by atoms with Gasteiger partial charge in [0.25, 0.3) is 11.8 Å². The summed E-state index contributed by atoms with van der Waals surface area (Å²) >= 11 is 0. The number of hydrogen-bond donors (Lipinski definition) is 1. The summed E-state index contributed by atoms with van der Waals surface area (Å²) in [6.45, 7) is 3.05. The molecule has 3 aliphatic heterocycles. The lowest BCUT2D eigenvalue weighted by Crippen LogP contribution is -2.44. The molecule has 2 aromatic rings. The molecule has 0 bridgehead atoms. The first-order valence-electron chi connectivity index (χ1n) is 14.2. The summed E-state index contributed by atoms with van der Waals surface area (Å²) in [6, 6.07) is 6.56. The van der Waals surface area contributed by atoms with Crippen molar-refractivity contribution in [2.75, 3.05) is 53.1 Å². The molecule has 42 heavy (non-hydrogen) atoms. The molecule has 2 atom stereocenters. The van der Waals surface area contributed by atoms with E-state index in [4.69, 9.17) is 24.3 Å². The second-order valence-electron chi connectivity index (χ2n) is 11.8. The van der Waals surface area contributed by atoms with Crippen LogP contribution in [0.2, 0.25) is 0 Å². The second kappa shape index (κ2) is 11.2. The van der Waals surface area contributed by atoms with Gasteiger partial charge in [-0.15, -0.1) is 0 Å². The van der Waals surface area contributed by atoms with Crippen molar-refractivity contribution < 1.29 is 36.6 Å². The smallest absolute Gasteiger partial charge is 0.256 e. The number of benzene rings is 1. The summed E-state index contributed by atoms with van der Waals surface area (Å²) in [7, 11) is -2.55. The number of rotatable bonds is 8. The molecule has 6 rings (SSSR count). The molecule has 0 radical (unpaired) electrons. The second-order valence-corrected chi connectivity index (χ2v) is 13.3. The fraction of sp³-hybridized carbons (Fsp3) is 0.552. The van der Waals surface area contributed by atoms with Crippen molar-refractivity contribution in [3.8, 4) is 5.88 Å². The van der Waals surface area contributed by atoms with Crippen LogP contribution in [0.5, 0.6) is 5.88 Å². The number of sulfonamides is 1. The molecule has 4 heterocycles. The molecule has 2 unspecified atom stereocenters. The van der Waals surface area contributed by atoms with E-state index < -0.39 is 32.2 Å². The third-order valence-corrected chi connectivity index (χ3v) is 9.81. The first-order valence-corrected chi connectivity index (χ1v) is 15.8. The normalized spacial score (nSPS) is 24.6. The summed E-state index contributed by atoms with van der Waals surface area (Å²) in [5, 5.41) is 5.08. The number of primary sulfonamides is 1. The molecular formula is C29H35FN4O7S. The van der Waals surface area contributed by atoms with Gasteiger partial charge in [-0.3, -0.25) is 9.59 Å². The van der Waals surface area contributed by atoms with Crippen LogP contribution in [-0.4, -0.2) is 93.7 Å². The van der Waals surface area contributed by atoms with Gasteiger partial charge in [0.15, 0.2) is 0 Å². The average molecular weight is 603 g/mol. The van der Waals surface area contributed by atoms with Crippen molar-refractivity contribution >= 4 is 21.8 Å². The number of carbonyl (C=O) groups is 2. The van der Waals surface area contributed by atoms with E-state index in [0.717, 1.165) is 62.8 Å². The van der Waals surface area contributed by atoms with Gasteiger partial charge in [0.05, 0.1) is 30.2 Å². The number of halogens is 1. The first-order chi connectivity index (χ1) is 20.1. The number of methoxy groups -OCH3 is 1. The minimum absolute atomic E-state index is 0.149. The fourth-order valence-corrected chi connectivity index (χ4v) is 6.76. The van der Waals surface area contributed by atoms with Crippen LogP contribution in [0, 0.1) is 17.7 Å². The Balaban J connectivity index is 1.15. The van der Waals surface area contributed by atoms with Gasteiger partial charge in [0, 0.05) is 62.6 Å². The van der Waals surface area contributed by atoms with Crippen molar-refractivity contribution in [2.24, 2.45) is 17.0 Å². The van der Waals surface area contributed by atoms with Crippen molar-refractivity contribution in [3.63, 3.8) is 0 Å². The monoisotopic (exact) mass is 602 g/mol. The lowest BCUT2D eigenvalue weighted by molar-refractivity contribution is -0.0111. The zero-order valence-electron chi connectivity index (χ0n) is 23.5. The molecule has 1 aromatic heterocycles. The highest BCUT2D eigenvalue weighted by Gasteiger charge is 2.55.